The van der Waals surface area contributed by atoms with Gasteiger partial charge >= 0.3 is 0 Å². The molecule has 0 saturated heterocycles. The number of hydrogen-bond acceptors (Lipinski definition) is 8. The van der Waals surface area contributed by atoms with Crippen LogP contribution in [0.2, 0.25) is 0 Å². The molecular formula is C33H51FO8. The summed E-state index contributed by atoms with van der Waals surface area (Å²) in [6, 6.07) is 10.3. The zero-order chi connectivity index (χ0) is 32.6. The van der Waals surface area contributed by atoms with Gasteiger partial charge in [0.05, 0.1) is 13.2 Å². The minimum Gasteiger partial charge on any atom is -0.493 e. The number of allylic oxidation sites excluding steroid dienone is 1. The third kappa shape index (κ3) is 21.4. The van der Waals surface area contributed by atoms with Gasteiger partial charge < -0.3 is 29.7 Å². The quantitative estimate of drug-likeness (QED) is 0.0419. The van der Waals surface area contributed by atoms with Crippen molar-refractivity contribution in [1.82, 2.24) is 0 Å². The van der Waals surface area contributed by atoms with Crippen molar-refractivity contribution in [1.29, 1.82) is 0 Å². The van der Waals surface area contributed by atoms with Crippen LogP contribution in [-0.2, 0) is 16.0 Å². The molecule has 42 heavy (non-hydrogen) atoms. The first kappa shape index (κ1) is 43.1. The molecular weight excluding hydrogens is 543 g/mol. The highest BCUT2D eigenvalue weighted by Gasteiger charge is 2.14. The molecule has 0 saturated carbocycles. The maximum Gasteiger partial charge on any atom is 0.168 e. The molecule has 2 rings (SSSR count). The summed E-state index contributed by atoms with van der Waals surface area (Å²) in [7, 11) is 1.00. The number of hydrogen-bond donors (Lipinski definition) is 4. The second kappa shape index (κ2) is 32.1. The van der Waals surface area contributed by atoms with Gasteiger partial charge in [0, 0.05) is 26.2 Å². The van der Waals surface area contributed by atoms with Crippen molar-refractivity contribution in [2.75, 3.05) is 26.9 Å². The average Bonchev–Trinajstić information content (AvgIpc) is 3.03. The molecule has 0 unspecified atom stereocenters. The van der Waals surface area contributed by atoms with Crippen molar-refractivity contribution in [2.24, 2.45) is 0 Å². The van der Waals surface area contributed by atoms with E-state index in [1.54, 1.807) is 13.0 Å². The summed E-state index contributed by atoms with van der Waals surface area (Å²) in [5, 5.41) is 32.7. The second-order valence-corrected chi connectivity index (χ2v) is 8.62. The lowest BCUT2D eigenvalue weighted by Gasteiger charge is -2.14. The number of aliphatic hydroxyl groups is 3. The van der Waals surface area contributed by atoms with E-state index in [2.05, 4.69) is 25.0 Å². The van der Waals surface area contributed by atoms with Gasteiger partial charge in [-0.25, -0.2) is 9.65 Å². The van der Waals surface area contributed by atoms with Gasteiger partial charge in [-0.3, -0.25) is 4.79 Å². The molecule has 0 aliphatic carbocycles. The zero-order valence-corrected chi connectivity index (χ0v) is 25.5. The van der Waals surface area contributed by atoms with Crippen molar-refractivity contribution in [3.8, 4) is 22.6 Å². The van der Waals surface area contributed by atoms with Crippen molar-refractivity contribution in [3.63, 3.8) is 0 Å². The number of halogens is 1. The first-order valence-electron chi connectivity index (χ1n) is 14.0. The van der Waals surface area contributed by atoms with Crippen molar-refractivity contribution in [3.05, 3.63) is 72.6 Å². The van der Waals surface area contributed by atoms with Crippen molar-refractivity contribution in [2.45, 2.75) is 71.6 Å². The van der Waals surface area contributed by atoms with E-state index in [-0.39, 0.29) is 24.8 Å². The summed E-state index contributed by atoms with van der Waals surface area (Å²) in [5.41, 5.74) is 2.83. The first-order chi connectivity index (χ1) is 20.4. The predicted molar refractivity (Wildman–Crippen MR) is 167 cm³/mol. The largest absolute Gasteiger partial charge is 0.493 e. The Labute approximate surface area is 251 Å². The summed E-state index contributed by atoms with van der Waals surface area (Å²) in [6.07, 6.45) is 11.2. The molecule has 0 amide bonds. The monoisotopic (exact) mass is 594 g/mol. The van der Waals surface area contributed by atoms with E-state index in [0.717, 1.165) is 31.9 Å². The Morgan fingerprint density at radius 2 is 1.52 bits per heavy atom. The second-order valence-electron chi connectivity index (χ2n) is 8.62. The standard InChI is InChI=1S/C26H35FO4.C3H4O.C2H6O.CH4O.CH2O/c1-3-4-5-6-7-8-9-13-24-25(17-23(31-29)18-26(24)27)21-11-10-12-22(16-21)30-15-14-20(2)19-28;1-2-3-4;1-2-3;2*1-2/h10-12,16-18,28-29H,2-9,13-15,19H2,1H3;2-3H,1H2;3H,2H2,1H3;2H,1H3;1H2. The van der Waals surface area contributed by atoms with Crippen molar-refractivity contribution >= 4 is 13.1 Å². The molecule has 0 bridgehead atoms. The van der Waals surface area contributed by atoms with Gasteiger partial charge in [-0.05, 0) is 66.3 Å². The lowest BCUT2D eigenvalue weighted by atomic mass is 9.94. The summed E-state index contributed by atoms with van der Waals surface area (Å²) < 4.78 is 20.6. The maximum absolute atomic E-state index is 14.8. The number of aldehydes is 1. The van der Waals surface area contributed by atoms with Crippen LogP contribution < -0.4 is 9.62 Å². The molecule has 0 heterocycles. The fourth-order valence-electron chi connectivity index (χ4n) is 3.58. The highest BCUT2D eigenvalue weighted by Crippen LogP contribution is 2.33. The highest BCUT2D eigenvalue weighted by atomic mass is 19.1. The number of aliphatic hydroxyl groups excluding tert-OH is 3. The van der Waals surface area contributed by atoms with Gasteiger partial charge in [0.25, 0.3) is 0 Å². The van der Waals surface area contributed by atoms with Crippen LogP contribution in [0.15, 0.2) is 61.2 Å². The normalized spacial score (nSPS) is 9.14. The minimum absolute atomic E-state index is 0.0570. The maximum atomic E-state index is 14.8. The van der Waals surface area contributed by atoms with Gasteiger partial charge in [-0.2, -0.15) is 0 Å². The fraction of sp³-hybridized carbons (Fsp3) is 0.455. The SMILES string of the molecule is C=C(CO)CCOc1cccc(-c2cc(OO)cc(F)c2CCCCCCCCC)c1.C=CC=O.C=O.CCO.CO. The van der Waals surface area contributed by atoms with Crippen LogP contribution >= 0.6 is 0 Å². The Morgan fingerprint density at radius 3 is 2.05 bits per heavy atom. The molecule has 0 fully saturated rings. The molecule has 9 heteroatoms. The molecule has 0 radical (unpaired) electrons. The lowest BCUT2D eigenvalue weighted by Crippen LogP contribution is -2.01. The van der Waals surface area contributed by atoms with E-state index < -0.39 is 0 Å². The third-order valence-electron chi connectivity index (χ3n) is 5.49. The fourth-order valence-corrected chi connectivity index (χ4v) is 3.58. The van der Waals surface area contributed by atoms with Gasteiger partial charge in [0.2, 0.25) is 0 Å². The van der Waals surface area contributed by atoms with E-state index >= 15 is 0 Å². The van der Waals surface area contributed by atoms with E-state index in [9.17, 15) is 4.39 Å². The van der Waals surface area contributed by atoms with Crippen molar-refractivity contribution < 1.29 is 44.2 Å². The smallest absolute Gasteiger partial charge is 0.168 e. The average molecular weight is 595 g/mol. The molecule has 4 N–H and O–H groups in total. The Morgan fingerprint density at radius 1 is 0.952 bits per heavy atom. The summed E-state index contributed by atoms with van der Waals surface area (Å²) in [4.78, 5) is 21.4. The van der Waals surface area contributed by atoms with Crippen LogP contribution in [0.4, 0.5) is 4.39 Å². The number of benzene rings is 2. The van der Waals surface area contributed by atoms with E-state index in [1.807, 2.05) is 31.1 Å². The van der Waals surface area contributed by atoms with Gasteiger partial charge in [0.1, 0.15) is 24.6 Å². The van der Waals surface area contributed by atoms with Gasteiger partial charge in [0.15, 0.2) is 5.75 Å². The molecule has 2 aromatic carbocycles. The molecule has 0 aromatic heterocycles. The zero-order valence-electron chi connectivity index (χ0n) is 25.5. The Kier molecular flexibility index (Phi) is 33.0. The molecule has 8 nitrogen and oxygen atoms in total. The molecule has 0 atom stereocenters. The van der Waals surface area contributed by atoms with Crippen LogP contribution in [0, 0.1) is 5.82 Å². The minimum atomic E-state index is -0.377. The van der Waals surface area contributed by atoms with Crippen LogP contribution in [0.1, 0.15) is 70.8 Å². The molecule has 0 spiro atoms. The van der Waals surface area contributed by atoms with Crippen LogP contribution in [0.3, 0.4) is 0 Å². The topological polar surface area (TPSA) is 134 Å². The van der Waals surface area contributed by atoms with E-state index in [0.29, 0.717) is 48.2 Å². The number of carbonyl (C=O) groups excluding carboxylic acids is 2. The Balaban J connectivity index is -0.00000120. The molecule has 238 valence electrons. The third-order valence-corrected chi connectivity index (χ3v) is 5.49. The molecule has 0 aliphatic rings. The summed E-state index contributed by atoms with van der Waals surface area (Å²) in [6.45, 7) is 13.4. The first-order valence-corrected chi connectivity index (χ1v) is 14.0. The van der Waals surface area contributed by atoms with Crippen LogP contribution in [0.5, 0.6) is 11.5 Å². The Bertz CT molecular complexity index is 944. The van der Waals surface area contributed by atoms with Gasteiger partial charge in [-0.15, -0.1) is 0 Å². The lowest BCUT2D eigenvalue weighted by molar-refractivity contribution is -0.137. The number of ether oxygens (including phenoxy) is 1. The molecule has 2 aromatic rings. The Hall–Kier alpha value is -3.37. The predicted octanol–water partition coefficient (Wildman–Crippen LogP) is 6.75. The summed E-state index contributed by atoms with van der Waals surface area (Å²) in [5.74, 6) is 0.348. The number of rotatable bonds is 16. The molecule has 0 aliphatic heterocycles. The highest BCUT2D eigenvalue weighted by molar-refractivity contribution is 5.70. The summed E-state index contributed by atoms with van der Waals surface area (Å²) >= 11 is 0. The van der Waals surface area contributed by atoms with Crippen LogP contribution in [0.25, 0.3) is 11.1 Å². The van der Waals surface area contributed by atoms with E-state index in [1.165, 1.54) is 37.8 Å². The number of carbonyl (C=O) groups is 2. The van der Waals surface area contributed by atoms with Crippen LogP contribution in [-0.4, -0.2) is 60.6 Å². The van der Waals surface area contributed by atoms with E-state index in [4.69, 9.17) is 34.9 Å². The number of unbranched alkanes of at least 4 members (excludes halogenated alkanes) is 6. The van der Waals surface area contributed by atoms with Gasteiger partial charge in [-0.1, -0.05) is 70.7 Å².